The summed E-state index contributed by atoms with van der Waals surface area (Å²) < 4.78 is 26.2. The van der Waals surface area contributed by atoms with Gasteiger partial charge in [0, 0.05) is 6.42 Å². The van der Waals surface area contributed by atoms with Crippen LogP contribution in [0.1, 0.15) is 12.0 Å². The molecule has 0 fully saturated rings. The molecule has 0 amide bonds. The fraction of sp³-hybridized carbons (Fsp3) is 0.222. The molecule has 78 valence electrons. The summed E-state index contributed by atoms with van der Waals surface area (Å²) in [5.74, 6) is -1.95. The summed E-state index contributed by atoms with van der Waals surface area (Å²) in [6.45, 7) is 0. The largest absolute Gasteiger partial charge is 0.307 e. The zero-order valence-corrected chi connectivity index (χ0v) is 7.54. The van der Waals surface area contributed by atoms with Gasteiger partial charge in [-0.3, -0.25) is 10.1 Å². The van der Waals surface area contributed by atoms with Crippen LogP contribution in [-0.2, 0) is 6.42 Å². The molecule has 1 aromatic rings. The van der Waals surface area contributed by atoms with Crippen molar-refractivity contribution in [3.8, 4) is 6.07 Å². The Balaban J connectivity index is 3.09. The monoisotopic (exact) mass is 212 g/mol. The van der Waals surface area contributed by atoms with Crippen LogP contribution in [0.2, 0.25) is 0 Å². The molecule has 0 saturated heterocycles. The molecule has 0 bridgehead atoms. The number of halogens is 2. The molecule has 0 atom stereocenters. The topological polar surface area (TPSA) is 66.9 Å². The molecular weight excluding hydrogens is 206 g/mol. The van der Waals surface area contributed by atoms with Crippen molar-refractivity contribution in [3.05, 3.63) is 39.4 Å². The Morgan fingerprint density at radius 3 is 2.60 bits per heavy atom. The van der Waals surface area contributed by atoms with Gasteiger partial charge in [-0.1, -0.05) is 0 Å². The highest BCUT2D eigenvalue weighted by Gasteiger charge is 2.17. The van der Waals surface area contributed by atoms with Crippen molar-refractivity contribution in [1.82, 2.24) is 0 Å². The van der Waals surface area contributed by atoms with Gasteiger partial charge in [-0.2, -0.15) is 9.65 Å². The predicted octanol–water partition coefficient (Wildman–Crippen LogP) is 2.33. The molecule has 6 heteroatoms. The molecule has 1 aromatic carbocycles. The second kappa shape index (κ2) is 4.46. The average Bonchev–Trinajstić information content (AvgIpc) is 2.18. The fourth-order valence-electron chi connectivity index (χ4n) is 1.10. The lowest BCUT2D eigenvalue weighted by Gasteiger charge is -2.00. The van der Waals surface area contributed by atoms with Crippen LogP contribution >= 0.6 is 0 Å². The zero-order chi connectivity index (χ0) is 11.4. The normalized spacial score (nSPS) is 9.67. The first-order valence-electron chi connectivity index (χ1n) is 4.05. The lowest BCUT2D eigenvalue weighted by Crippen LogP contribution is -1.98. The first kappa shape index (κ1) is 11.0. The highest BCUT2D eigenvalue weighted by Crippen LogP contribution is 2.22. The molecule has 0 radical (unpaired) electrons. The molecule has 0 aliphatic carbocycles. The van der Waals surface area contributed by atoms with Gasteiger partial charge in [0.05, 0.1) is 17.1 Å². The van der Waals surface area contributed by atoms with E-state index in [0.29, 0.717) is 6.07 Å². The number of aryl methyl sites for hydroxylation is 1. The van der Waals surface area contributed by atoms with E-state index in [2.05, 4.69) is 0 Å². The average molecular weight is 212 g/mol. The first-order chi connectivity index (χ1) is 7.06. The van der Waals surface area contributed by atoms with Crippen LogP contribution < -0.4 is 0 Å². The molecule has 15 heavy (non-hydrogen) atoms. The summed E-state index contributed by atoms with van der Waals surface area (Å²) in [6.07, 6.45) is 0.0748. The van der Waals surface area contributed by atoms with Gasteiger partial charge in [-0.25, -0.2) is 4.39 Å². The maximum Gasteiger partial charge on any atom is 0.307 e. The summed E-state index contributed by atoms with van der Waals surface area (Å²) in [5, 5.41) is 18.5. The number of benzene rings is 1. The Kier molecular flexibility index (Phi) is 3.29. The van der Waals surface area contributed by atoms with Gasteiger partial charge in [0.2, 0.25) is 5.82 Å². The van der Waals surface area contributed by atoms with E-state index < -0.39 is 22.2 Å². The Morgan fingerprint density at radius 2 is 2.07 bits per heavy atom. The van der Waals surface area contributed by atoms with Crippen LogP contribution in [0.25, 0.3) is 0 Å². The molecule has 0 unspecified atom stereocenters. The highest BCUT2D eigenvalue weighted by molar-refractivity contribution is 5.36. The quantitative estimate of drug-likeness (QED) is 0.570. The van der Waals surface area contributed by atoms with Crippen LogP contribution in [-0.4, -0.2) is 4.92 Å². The van der Waals surface area contributed by atoms with Crippen molar-refractivity contribution in [2.45, 2.75) is 12.8 Å². The predicted molar refractivity (Wildman–Crippen MR) is 46.9 cm³/mol. The van der Waals surface area contributed by atoms with Crippen molar-refractivity contribution in [3.63, 3.8) is 0 Å². The second-order valence-electron chi connectivity index (χ2n) is 2.81. The lowest BCUT2D eigenvalue weighted by atomic mass is 10.1. The molecule has 0 saturated carbocycles. The molecule has 0 aromatic heterocycles. The van der Waals surface area contributed by atoms with Crippen LogP contribution in [0, 0.1) is 33.1 Å². The molecule has 0 heterocycles. The summed E-state index contributed by atoms with van der Waals surface area (Å²) in [4.78, 5) is 9.25. The summed E-state index contributed by atoms with van der Waals surface area (Å²) in [6, 6.07) is 3.06. The third-order valence-corrected chi connectivity index (χ3v) is 1.82. The molecule has 0 N–H and O–H groups in total. The molecule has 0 spiro atoms. The van der Waals surface area contributed by atoms with E-state index in [-0.39, 0.29) is 18.4 Å². The van der Waals surface area contributed by atoms with Gasteiger partial charge in [-0.05, 0) is 18.1 Å². The fourth-order valence-corrected chi connectivity index (χ4v) is 1.10. The third-order valence-electron chi connectivity index (χ3n) is 1.82. The standard InChI is InChI=1S/C9H6F2N2O2/c10-7-5-9(13(14)15)8(11)4-6(7)2-1-3-12/h4-5H,1-2H2. The van der Waals surface area contributed by atoms with E-state index in [9.17, 15) is 18.9 Å². The van der Waals surface area contributed by atoms with E-state index >= 15 is 0 Å². The van der Waals surface area contributed by atoms with Gasteiger partial charge >= 0.3 is 5.69 Å². The number of nitrogens with zero attached hydrogens (tertiary/aromatic N) is 2. The number of nitro groups is 1. The van der Waals surface area contributed by atoms with E-state index in [1.54, 1.807) is 6.07 Å². The van der Waals surface area contributed by atoms with Crippen molar-refractivity contribution < 1.29 is 13.7 Å². The summed E-state index contributed by atoms with van der Waals surface area (Å²) >= 11 is 0. The minimum Gasteiger partial charge on any atom is -0.258 e. The Hall–Kier alpha value is -2.03. The number of nitriles is 1. The van der Waals surface area contributed by atoms with Gasteiger partial charge < -0.3 is 0 Å². The van der Waals surface area contributed by atoms with Crippen molar-refractivity contribution in [2.75, 3.05) is 0 Å². The first-order valence-corrected chi connectivity index (χ1v) is 4.05. The van der Waals surface area contributed by atoms with Gasteiger partial charge in [-0.15, -0.1) is 0 Å². The van der Waals surface area contributed by atoms with E-state index in [4.69, 9.17) is 5.26 Å². The molecular formula is C9H6F2N2O2. The Morgan fingerprint density at radius 1 is 1.40 bits per heavy atom. The lowest BCUT2D eigenvalue weighted by molar-refractivity contribution is -0.387. The molecule has 0 aliphatic heterocycles. The molecule has 4 nitrogen and oxygen atoms in total. The Labute approximate surface area is 83.9 Å². The van der Waals surface area contributed by atoms with Crippen molar-refractivity contribution >= 4 is 5.69 Å². The van der Waals surface area contributed by atoms with Crippen molar-refractivity contribution in [2.24, 2.45) is 0 Å². The minimum absolute atomic E-state index is 0.0281. The van der Waals surface area contributed by atoms with E-state index in [0.717, 1.165) is 6.07 Å². The smallest absolute Gasteiger partial charge is 0.258 e. The number of hydrogen-bond acceptors (Lipinski definition) is 3. The molecule has 0 aliphatic rings. The maximum absolute atomic E-state index is 13.1. The van der Waals surface area contributed by atoms with Gasteiger partial charge in [0.25, 0.3) is 0 Å². The SMILES string of the molecule is N#CCCc1cc(F)c([N+](=O)[O-])cc1F. The van der Waals surface area contributed by atoms with E-state index in [1.807, 2.05) is 0 Å². The van der Waals surface area contributed by atoms with Crippen LogP contribution in [0.4, 0.5) is 14.5 Å². The number of rotatable bonds is 3. The summed E-state index contributed by atoms with van der Waals surface area (Å²) in [5.41, 5.74) is -0.923. The second-order valence-corrected chi connectivity index (χ2v) is 2.81. The third kappa shape index (κ3) is 2.47. The zero-order valence-electron chi connectivity index (χ0n) is 7.54. The Bertz CT molecular complexity index is 440. The number of hydrogen-bond donors (Lipinski definition) is 0. The maximum atomic E-state index is 13.1. The van der Waals surface area contributed by atoms with E-state index in [1.165, 1.54) is 0 Å². The molecule has 1 rings (SSSR count). The highest BCUT2D eigenvalue weighted by atomic mass is 19.1. The van der Waals surface area contributed by atoms with Gasteiger partial charge in [0.1, 0.15) is 5.82 Å². The number of nitro benzene ring substituents is 1. The van der Waals surface area contributed by atoms with Crippen LogP contribution in [0.3, 0.4) is 0 Å². The van der Waals surface area contributed by atoms with Gasteiger partial charge in [0.15, 0.2) is 0 Å². The summed E-state index contributed by atoms with van der Waals surface area (Å²) in [7, 11) is 0. The van der Waals surface area contributed by atoms with Crippen LogP contribution in [0.15, 0.2) is 12.1 Å². The minimum atomic E-state index is -1.09. The van der Waals surface area contributed by atoms with Crippen molar-refractivity contribution in [1.29, 1.82) is 5.26 Å². The van der Waals surface area contributed by atoms with Crippen LogP contribution in [0.5, 0.6) is 0 Å².